The molecule has 24 heavy (non-hydrogen) atoms. The predicted molar refractivity (Wildman–Crippen MR) is 88.3 cm³/mol. The first-order chi connectivity index (χ1) is 11.4. The molecule has 11 heteroatoms. The SMILES string of the molecule is CSCc1nc(CCNC(=O)Nc2cnn(CC(F)(F)F)c2)cs1. The van der Waals surface area contributed by atoms with Crippen molar-refractivity contribution in [3.05, 3.63) is 28.5 Å². The number of rotatable bonds is 7. The number of thioether (sulfide) groups is 1. The number of aromatic nitrogens is 3. The topological polar surface area (TPSA) is 71.8 Å². The van der Waals surface area contributed by atoms with Crippen LogP contribution in [0.5, 0.6) is 0 Å². The second-order valence-electron chi connectivity index (χ2n) is 4.84. The lowest BCUT2D eigenvalue weighted by Gasteiger charge is -2.06. The van der Waals surface area contributed by atoms with Gasteiger partial charge in [0.1, 0.15) is 11.6 Å². The number of hydrogen-bond donors (Lipinski definition) is 2. The number of nitrogens with one attached hydrogen (secondary N) is 2. The Kier molecular flexibility index (Phi) is 6.49. The van der Waals surface area contributed by atoms with E-state index < -0.39 is 18.8 Å². The highest BCUT2D eigenvalue weighted by Gasteiger charge is 2.28. The fourth-order valence-corrected chi connectivity index (χ4v) is 3.38. The van der Waals surface area contributed by atoms with Crippen molar-refractivity contribution in [3.63, 3.8) is 0 Å². The van der Waals surface area contributed by atoms with Crippen LogP contribution in [0.4, 0.5) is 23.7 Å². The van der Waals surface area contributed by atoms with Crippen molar-refractivity contribution in [2.75, 3.05) is 18.1 Å². The number of hydrogen-bond acceptors (Lipinski definition) is 5. The normalized spacial score (nSPS) is 11.5. The first-order valence-corrected chi connectivity index (χ1v) is 9.19. The Balaban J connectivity index is 1.73. The van der Waals surface area contributed by atoms with Gasteiger partial charge in [0.05, 0.1) is 17.6 Å². The van der Waals surface area contributed by atoms with Crippen LogP contribution in [0.25, 0.3) is 0 Å². The lowest BCUT2D eigenvalue weighted by Crippen LogP contribution is -2.30. The van der Waals surface area contributed by atoms with E-state index in [0.717, 1.165) is 27.3 Å². The summed E-state index contributed by atoms with van der Waals surface area (Å²) in [6.45, 7) is -0.816. The molecule has 132 valence electrons. The van der Waals surface area contributed by atoms with Crippen LogP contribution in [-0.4, -0.2) is 39.8 Å². The number of carbonyl (C=O) groups excluding carboxylic acids is 1. The summed E-state index contributed by atoms with van der Waals surface area (Å²) in [7, 11) is 0. The molecule has 0 fully saturated rings. The number of urea groups is 1. The van der Waals surface area contributed by atoms with Gasteiger partial charge in [-0.15, -0.1) is 11.3 Å². The largest absolute Gasteiger partial charge is 0.408 e. The standard InChI is InChI=1S/C13H16F3N5OS2/c1-23-7-11-19-9(6-24-11)2-3-17-12(22)20-10-4-18-21(5-10)8-13(14,15)16/h4-6H,2-3,7-8H2,1H3,(H2,17,20,22). The summed E-state index contributed by atoms with van der Waals surface area (Å²) >= 11 is 3.27. The highest BCUT2D eigenvalue weighted by Crippen LogP contribution is 2.18. The van der Waals surface area contributed by atoms with Crippen LogP contribution in [-0.2, 0) is 18.7 Å². The summed E-state index contributed by atoms with van der Waals surface area (Å²) < 4.78 is 37.4. The van der Waals surface area contributed by atoms with Gasteiger partial charge in [-0.3, -0.25) is 4.68 Å². The molecule has 2 amide bonds. The summed E-state index contributed by atoms with van der Waals surface area (Å²) in [4.78, 5) is 16.1. The average molecular weight is 379 g/mol. The molecule has 0 saturated heterocycles. The number of anilines is 1. The van der Waals surface area contributed by atoms with Crippen LogP contribution in [0.15, 0.2) is 17.8 Å². The highest BCUT2D eigenvalue weighted by atomic mass is 32.2. The molecule has 0 radical (unpaired) electrons. The number of carbonyl (C=O) groups is 1. The summed E-state index contributed by atoms with van der Waals surface area (Å²) in [5.74, 6) is 0.862. The molecule has 2 aromatic rings. The van der Waals surface area contributed by atoms with Crippen molar-refractivity contribution in [3.8, 4) is 0 Å². The van der Waals surface area contributed by atoms with E-state index in [-0.39, 0.29) is 5.69 Å². The zero-order valence-corrected chi connectivity index (χ0v) is 14.4. The van der Waals surface area contributed by atoms with Crippen LogP contribution in [0.2, 0.25) is 0 Å². The van der Waals surface area contributed by atoms with Crippen molar-refractivity contribution in [2.24, 2.45) is 0 Å². The Labute approximate surface area is 144 Å². The summed E-state index contributed by atoms with van der Waals surface area (Å²) in [6.07, 6.45) is 0.534. The van der Waals surface area contributed by atoms with Gasteiger partial charge in [-0.1, -0.05) is 0 Å². The smallest absolute Gasteiger partial charge is 0.337 e. The minimum atomic E-state index is -4.35. The van der Waals surface area contributed by atoms with Gasteiger partial charge in [0.25, 0.3) is 0 Å². The molecule has 0 saturated carbocycles. The van der Waals surface area contributed by atoms with Gasteiger partial charge in [0.15, 0.2) is 0 Å². The Morgan fingerprint density at radius 3 is 2.96 bits per heavy atom. The summed E-state index contributed by atoms with van der Waals surface area (Å²) in [6, 6.07) is -0.499. The third-order valence-electron chi connectivity index (χ3n) is 2.77. The summed E-state index contributed by atoms with van der Waals surface area (Å²) in [5.41, 5.74) is 1.11. The third kappa shape index (κ3) is 6.40. The van der Waals surface area contributed by atoms with E-state index in [1.165, 1.54) is 6.20 Å². The third-order valence-corrected chi connectivity index (χ3v) is 4.41. The molecule has 0 bridgehead atoms. The highest BCUT2D eigenvalue weighted by molar-refractivity contribution is 7.97. The van der Waals surface area contributed by atoms with Gasteiger partial charge in [-0.25, -0.2) is 9.78 Å². The number of halogens is 3. The van der Waals surface area contributed by atoms with Crippen LogP contribution >= 0.6 is 23.1 Å². The number of alkyl halides is 3. The molecule has 0 aromatic carbocycles. The Bertz CT molecular complexity index is 671. The molecule has 0 unspecified atom stereocenters. The van der Waals surface area contributed by atoms with E-state index in [2.05, 4.69) is 20.7 Å². The van der Waals surface area contributed by atoms with E-state index in [0.29, 0.717) is 13.0 Å². The first kappa shape index (κ1) is 18.6. The van der Waals surface area contributed by atoms with Crippen molar-refractivity contribution in [1.82, 2.24) is 20.1 Å². The lowest BCUT2D eigenvalue weighted by molar-refractivity contribution is -0.142. The van der Waals surface area contributed by atoms with E-state index in [1.807, 2.05) is 11.6 Å². The molecule has 0 aliphatic rings. The predicted octanol–water partition coefficient (Wildman–Crippen LogP) is 3.13. The van der Waals surface area contributed by atoms with E-state index in [9.17, 15) is 18.0 Å². The second-order valence-corrected chi connectivity index (χ2v) is 6.65. The van der Waals surface area contributed by atoms with Crippen molar-refractivity contribution < 1.29 is 18.0 Å². The first-order valence-electron chi connectivity index (χ1n) is 6.92. The molecule has 0 aliphatic carbocycles. The van der Waals surface area contributed by atoms with E-state index >= 15 is 0 Å². The molecular formula is C13H16F3N5OS2. The van der Waals surface area contributed by atoms with Crippen molar-refractivity contribution in [2.45, 2.75) is 24.9 Å². The van der Waals surface area contributed by atoms with Gasteiger partial charge in [-0.05, 0) is 6.26 Å². The number of amides is 2. The van der Waals surface area contributed by atoms with Crippen molar-refractivity contribution >= 4 is 34.8 Å². The molecule has 0 atom stereocenters. The lowest BCUT2D eigenvalue weighted by atomic mass is 10.3. The molecule has 2 heterocycles. The maximum Gasteiger partial charge on any atom is 0.408 e. The molecule has 2 aromatic heterocycles. The molecule has 0 spiro atoms. The van der Waals surface area contributed by atoms with Crippen LogP contribution in [0, 0.1) is 0 Å². The van der Waals surface area contributed by atoms with Gasteiger partial charge >= 0.3 is 12.2 Å². The Morgan fingerprint density at radius 2 is 2.25 bits per heavy atom. The van der Waals surface area contributed by atoms with Gasteiger partial charge in [0.2, 0.25) is 0 Å². The molecule has 2 rings (SSSR count). The number of nitrogens with zero attached hydrogens (tertiary/aromatic N) is 3. The number of thiazole rings is 1. The van der Waals surface area contributed by atoms with Crippen LogP contribution < -0.4 is 10.6 Å². The molecular weight excluding hydrogens is 363 g/mol. The van der Waals surface area contributed by atoms with Gasteiger partial charge < -0.3 is 10.6 Å². The monoisotopic (exact) mass is 379 g/mol. The minimum Gasteiger partial charge on any atom is -0.337 e. The summed E-state index contributed by atoms with van der Waals surface area (Å²) in [5, 5.41) is 11.6. The van der Waals surface area contributed by atoms with Crippen LogP contribution in [0.1, 0.15) is 10.7 Å². The van der Waals surface area contributed by atoms with Gasteiger partial charge in [0, 0.05) is 30.3 Å². The maximum atomic E-state index is 12.2. The zero-order valence-electron chi connectivity index (χ0n) is 12.8. The van der Waals surface area contributed by atoms with Gasteiger partial charge in [-0.2, -0.15) is 30.0 Å². The molecule has 0 aliphatic heterocycles. The van der Waals surface area contributed by atoms with Crippen molar-refractivity contribution in [1.29, 1.82) is 0 Å². The second kappa shape index (κ2) is 8.38. The Hall–Kier alpha value is -1.75. The van der Waals surface area contributed by atoms with E-state index in [4.69, 9.17) is 0 Å². The molecule has 2 N–H and O–H groups in total. The maximum absolute atomic E-state index is 12.2. The Morgan fingerprint density at radius 1 is 1.46 bits per heavy atom. The van der Waals surface area contributed by atoms with E-state index in [1.54, 1.807) is 23.1 Å². The fraction of sp³-hybridized carbons (Fsp3) is 0.462. The quantitative estimate of drug-likeness (QED) is 0.775. The van der Waals surface area contributed by atoms with Crippen LogP contribution in [0.3, 0.4) is 0 Å². The molecule has 6 nitrogen and oxygen atoms in total. The fourth-order valence-electron chi connectivity index (χ4n) is 1.83. The zero-order chi connectivity index (χ0) is 17.6. The average Bonchev–Trinajstić information content (AvgIpc) is 3.07. The minimum absolute atomic E-state index is 0.202.